The number of benzene rings is 1. The Hall–Kier alpha value is -1.71. The predicted octanol–water partition coefficient (Wildman–Crippen LogP) is 1.62. The highest BCUT2D eigenvalue weighted by Gasteiger charge is 2.07. The molecule has 0 amide bonds. The van der Waals surface area contributed by atoms with Crippen molar-refractivity contribution in [3.63, 3.8) is 0 Å². The maximum absolute atomic E-state index is 8.60. The van der Waals surface area contributed by atoms with Gasteiger partial charge in [0.2, 0.25) is 0 Å². The Labute approximate surface area is 111 Å². The van der Waals surface area contributed by atoms with Crippen molar-refractivity contribution in [1.82, 2.24) is 10.6 Å². The van der Waals surface area contributed by atoms with Gasteiger partial charge in [0, 0.05) is 25.3 Å². The summed E-state index contributed by atoms with van der Waals surface area (Å²) in [6.45, 7) is 2.73. The fraction of sp³-hybridized carbons (Fsp3) is 0.333. The van der Waals surface area contributed by atoms with E-state index in [1.807, 2.05) is 30.6 Å². The largest absolute Gasteiger partial charge is 0.384 e. The zero-order chi connectivity index (χ0) is 12.8. The van der Waals surface area contributed by atoms with Crippen LogP contribution in [-0.4, -0.2) is 24.5 Å². The average molecular weight is 261 g/mol. The van der Waals surface area contributed by atoms with Crippen molar-refractivity contribution >= 4 is 28.3 Å². The Balaban J connectivity index is 2.25. The van der Waals surface area contributed by atoms with Crippen LogP contribution in [-0.2, 0) is 6.54 Å². The van der Waals surface area contributed by atoms with Gasteiger partial charge in [-0.1, -0.05) is 11.8 Å². The molecule has 1 heterocycles. The molecule has 6 heteroatoms. The van der Waals surface area contributed by atoms with Gasteiger partial charge in [-0.2, -0.15) is 5.26 Å². The molecule has 0 spiro atoms. The maximum Gasteiger partial charge on any atom is 0.183 e. The lowest BCUT2D eigenvalue weighted by atomic mass is 10.1. The highest BCUT2D eigenvalue weighted by atomic mass is 32.2. The first kappa shape index (κ1) is 12.7. The van der Waals surface area contributed by atoms with Gasteiger partial charge in [-0.05, 0) is 30.0 Å². The summed E-state index contributed by atoms with van der Waals surface area (Å²) in [5.74, 6) is 0. The van der Waals surface area contributed by atoms with Crippen molar-refractivity contribution in [3.8, 4) is 6.19 Å². The van der Waals surface area contributed by atoms with E-state index in [-0.39, 0.29) is 0 Å². The highest BCUT2D eigenvalue weighted by molar-refractivity contribution is 8.13. The van der Waals surface area contributed by atoms with E-state index in [4.69, 9.17) is 5.26 Å². The number of fused-ring (bicyclic) bond motifs is 1. The summed E-state index contributed by atoms with van der Waals surface area (Å²) in [5, 5.41) is 18.5. The molecule has 0 aliphatic carbocycles. The first-order chi connectivity index (χ1) is 8.83. The van der Waals surface area contributed by atoms with E-state index in [0.29, 0.717) is 5.17 Å². The van der Waals surface area contributed by atoms with Crippen molar-refractivity contribution in [1.29, 1.82) is 5.26 Å². The second-order valence-corrected chi connectivity index (χ2v) is 4.60. The number of nitriles is 1. The van der Waals surface area contributed by atoms with Gasteiger partial charge < -0.3 is 10.6 Å². The van der Waals surface area contributed by atoms with E-state index >= 15 is 0 Å². The molecule has 3 N–H and O–H groups in total. The number of nitrogens with zero attached hydrogens (tertiary/aromatic N) is 2. The van der Waals surface area contributed by atoms with Gasteiger partial charge in [-0.15, -0.1) is 0 Å². The minimum absolute atomic E-state index is 0.604. The van der Waals surface area contributed by atoms with Gasteiger partial charge in [0.15, 0.2) is 11.4 Å². The lowest BCUT2D eigenvalue weighted by molar-refractivity contribution is 0.725. The molecule has 1 aliphatic heterocycles. The topological polar surface area (TPSA) is 72.2 Å². The Morgan fingerprint density at radius 3 is 3.17 bits per heavy atom. The molecule has 0 aromatic heterocycles. The number of aliphatic imine (C=N–C) groups is 1. The molecule has 1 aromatic rings. The van der Waals surface area contributed by atoms with E-state index in [2.05, 4.69) is 20.9 Å². The van der Waals surface area contributed by atoms with Crippen molar-refractivity contribution in [2.24, 2.45) is 4.99 Å². The average Bonchev–Trinajstić information content (AvgIpc) is 2.63. The summed E-state index contributed by atoms with van der Waals surface area (Å²) in [5.41, 5.74) is 3.20. The summed E-state index contributed by atoms with van der Waals surface area (Å²) in [7, 11) is 0. The third kappa shape index (κ3) is 3.15. The molecule has 0 atom stereocenters. The van der Waals surface area contributed by atoms with Crippen LogP contribution in [0, 0.1) is 11.5 Å². The summed E-state index contributed by atoms with van der Waals surface area (Å²) in [6.07, 6.45) is 3.77. The first-order valence-corrected chi connectivity index (χ1v) is 6.91. The minimum Gasteiger partial charge on any atom is -0.384 e. The zero-order valence-corrected chi connectivity index (χ0v) is 11.0. The molecular formula is C12H15N5S. The zero-order valence-electron chi connectivity index (χ0n) is 10.2. The first-order valence-electron chi connectivity index (χ1n) is 5.69. The van der Waals surface area contributed by atoms with E-state index in [9.17, 15) is 0 Å². The summed E-state index contributed by atoms with van der Waals surface area (Å²) in [6, 6.07) is 6.02. The van der Waals surface area contributed by atoms with Gasteiger partial charge in [-0.3, -0.25) is 5.32 Å². The quantitative estimate of drug-likeness (QED) is 0.310. The van der Waals surface area contributed by atoms with E-state index in [1.54, 1.807) is 0 Å². The van der Waals surface area contributed by atoms with Gasteiger partial charge in [0.25, 0.3) is 0 Å². The lowest BCUT2D eigenvalue weighted by Crippen LogP contribution is -2.16. The van der Waals surface area contributed by atoms with E-state index in [1.165, 1.54) is 17.3 Å². The fourth-order valence-electron chi connectivity index (χ4n) is 1.77. The Morgan fingerprint density at radius 2 is 2.39 bits per heavy atom. The molecule has 2 rings (SSSR count). The summed E-state index contributed by atoms with van der Waals surface area (Å²) in [4.78, 5) is 4.40. The van der Waals surface area contributed by atoms with Gasteiger partial charge in [-0.25, -0.2) is 4.99 Å². The van der Waals surface area contributed by atoms with E-state index < -0.39 is 0 Å². The molecule has 0 fully saturated rings. The van der Waals surface area contributed by atoms with Crippen LogP contribution in [0.3, 0.4) is 0 Å². The van der Waals surface area contributed by atoms with Crippen LogP contribution in [0.25, 0.3) is 0 Å². The minimum atomic E-state index is 0.604. The summed E-state index contributed by atoms with van der Waals surface area (Å²) >= 11 is 1.42. The van der Waals surface area contributed by atoms with Crippen LogP contribution in [0.1, 0.15) is 5.56 Å². The second-order valence-electron chi connectivity index (χ2n) is 3.80. The molecule has 94 valence electrons. The molecule has 0 radical (unpaired) electrons. The molecular weight excluding hydrogens is 246 g/mol. The van der Waals surface area contributed by atoms with Crippen LogP contribution in [0.5, 0.6) is 0 Å². The van der Waals surface area contributed by atoms with Crippen LogP contribution in [0.4, 0.5) is 11.4 Å². The third-order valence-corrected chi connectivity index (χ3v) is 3.19. The Kier molecular flexibility index (Phi) is 4.45. The molecule has 18 heavy (non-hydrogen) atoms. The Bertz CT molecular complexity index is 492. The highest BCUT2D eigenvalue weighted by Crippen LogP contribution is 2.24. The van der Waals surface area contributed by atoms with Crippen molar-refractivity contribution in [2.45, 2.75) is 6.54 Å². The van der Waals surface area contributed by atoms with Gasteiger partial charge in [0.05, 0.1) is 5.69 Å². The van der Waals surface area contributed by atoms with Gasteiger partial charge in [0.1, 0.15) is 0 Å². The third-order valence-electron chi connectivity index (χ3n) is 2.61. The predicted molar refractivity (Wildman–Crippen MR) is 76.0 cm³/mol. The molecule has 0 unspecified atom stereocenters. The molecule has 0 saturated carbocycles. The fourth-order valence-corrected chi connectivity index (χ4v) is 2.11. The van der Waals surface area contributed by atoms with Crippen LogP contribution in [0.2, 0.25) is 0 Å². The number of amidine groups is 1. The molecule has 0 bridgehead atoms. The van der Waals surface area contributed by atoms with Crippen LogP contribution in [0.15, 0.2) is 23.2 Å². The number of hydrogen-bond donors (Lipinski definition) is 3. The smallest absolute Gasteiger partial charge is 0.183 e. The van der Waals surface area contributed by atoms with Crippen molar-refractivity contribution in [3.05, 3.63) is 23.8 Å². The van der Waals surface area contributed by atoms with Crippen molar-refractivity contribution in [2.75, 3.05) is 24.7 Å². The van der Waals surface area contributed by atoms with Crippen LogP contribution >= 0.6 is 11.8 Å². The number of thioether (sulfide) groups is 1. The monoisotopic (exact) mass is 261 g/mol. The summed E-state index contributed by atoms with van der Waals surface area (Å²) < 4.78 is 0. The normalized spacial score (nSPS) is 15.0. The standard InChI is InChI=1S/C12H15N5S/c1-18-12(16-8-13)17-10-2-3-11-9(6-10)7-14-4-5-15-11/h2-3,6,14-15H,4-5,7H2,1H3,(H,16,17). The number of nitrogens with one attached hydrogen (secondary N) is 3. The maximum atomic E-state index is 8.60. The molecule has 5 nitrogen and oxygen atoms in total. The Morgan fingerprint density at radius 1 is 1.50 bits per heavy atom. The van der Waals surface area contributed by atoms with Crippen molar-refractivity contribution < 1.29 is 0 Å². The number of hydrogen-bond acceptors (Lipinski definition) is 5. The van der Waals surface area contributed by atoms with Crippen LogP contribution < -0.4 is 16.0 Å². The van der Waals surface area contributed by atoms with Gasteiger partial charge >= 0.3 is 0 Å². The molecule has 0 saturated heterocycles. The second kappa shape index (κ2) is 6.28. The number of anilines is 1. The number of rotatable bonds is 1. The molecule has 1 aliphatic rings. The lowest BCUT2D eigenvalue weighted by Gasteiger charge is -2.08. The SMILES string of the molecule is CSC(=Nc1ccc2c(c1)CNCCN2)NC#N. The van der Waals surface area contributed by atoms with E-state index in [0.717, 1.165) is 31.0 Å². The molecule has 1 aromatic carbocycles.